The van der Waals surface area contributed by atoms with E-state index in [9.17, 15) is 4.79 Å². The van der Waals surface area contributed by atoms with Crippen molar-refractivity contribution in [1.29, 1.82) is 0 Å². The molecule has 2 aromatic rings. The number of nitrogens with zero attached hydrogens (tertiary/aromatic N) is 2. The Labute approximate surface area is 134 Å². The van der Waals surface area contributed by atoms with Crippen molar-refractivity contribution in [2.45, 2.75) is 12.8 Å². The summed E-state index contributed by atoms with van der Waals surface area (Å²) in [5.41, 5.74) is 1.22. The highest BCUT2D eigenvalue weighted by atomic mass is 35.5. The molecule has 1 saturated heterocycles. The first-order valence-corrected chi connectivity index (χ1v) is 6.98. The van der Waals surface area contributed by atoms with Crippen LogP contribution in [0.15, 0.2) is 28.8 Å². The molecule has 0 spiro atoms. The summed E-state index contributed by atoms with van der Waals surface area (Å²) in [7, 11) is 1.36. The topological polar surface area (TPSA) is 77.2 Å². The maximum absolute atomic E-state index is 11.5. The van der Waals surface area contributed by atoms with Crippen molar-refractivity contribution in [2.24, 2.45) is 5.92 Å². The second-order valence-corrected chi connectivity index (χ2v) is 5.15. The quantitative estimate of drug-likeness (QED) is 0.868. The summed E-state index contributed by atoms with van der Waals surface area (Å²) in [5.74, 6) is 1.32. The SMILES string of the molecule is COC(=O)c1cccc(-c2noc(CC3CCNC3)n2)c1.Cl. The van der Waals surface area contributed by atoms with Crippen molar-refractivity contribution >= 4 is 18.4 Å². The van der Waals surface area contributed by atoms with Crippen molar-refractivity contribution in [3.05, 3.63) is 35.7 Å². The van der Waals surface area contributed by atoms with E-state index in [0.29, 0.717) is 23.2 Å². The van der Waals surface area contributed by atoms with Crippen molar-refractivity contribution in [3.8, 4) is 11.4 Å². The average Bonchev–Trinajstić information content (AvgIpc) is 3.19. The van der Waals surface area contributed by atoms with Gasteiger partial charge in [-0.25, -0.2) is 4.79 Å². The third-order valence-corrected chi connectivity index (χ3v) is 3.64. The lowest BCUT2D eigenvalue weighted by atomic mass is 10.1. The van der Waals surface area contributed by atoms with E-state index in [-0.39, 0.29) is 18.4 Å². The van der Waals surface area contributed by atoms with Crippen LogP contribution in [0.3, 0.4) is 0 Å². The molecule has 0 bridgehead atoms. The molecule has 118 valence electrons. The lowest BCUT2D eigenvalue weighted by Crippen LogP contribution is -2.10. The number of aromatic nitrogens is 2. The minimum Gasteiger partial charge on any atom is -0.465 e. The summed E-state index contributed by atoms with van der Waals surface area (Å²) in [4.78, 5) is 16.0. The largest absolute Gasteiger partial charge is 0.465 e. The fourth-order valence-corrected chi connectivity index (χ4v) is 2.49. The van der Waals surface area contributed by atoms with E-state index in [1.54, 1.807) is 18.2 Å². The van der Waals surface area contributed by atoms with Crippen LogP contribution in [0.2, 0.25) is 0 Å². The number of carbonyl (C=O) groups excluding carboxylic acids is 1. The van der Waals surface area contributed by atoms with E-state index in [1.807, 2.05) is 6.07 Å². The molecule has 6 nitrogen and oxygen atoms in total. The first-order chi connectivity index (χ1) is 10.3. The number of hydrogen-bond acceptors (Lipinski definition) is 6. The van der Waals surface area contributed by atoms with Crippen LogP contribution in [-0.2, 0) is 11.2 Å². The molecule has 22 heavy (non-hydrogen) atoms. The number of methoxy groups -OCH3 is 1. The molecular weight excluding hydrogens is 306 g/mol. The maximum Gasteiger partial charge on any atom is 0.337 e. The van der Waals surface area contributed by atoms with Crippen molar-refractivity contribution in [3.63, 3.8) is 0 Å². The monoisotopic (exact) mass is 323 g/mol. The van der Waals surface area contributed by atoms with Crippen LogP contribution in [0.5, 0.6) is 0 Å². The fraction of sp³-hybridized carbons (Fsp3) is 0.400. The predicted molar refractivity (Wildman–Crippen MR) is 83.0 cm³/mol. The molecule has 0 amide bonds. The van der Waals surface area contributed by atoms with Crippen LogP contribution < -0.4 is 5.32 Å². The minimum atomic E-state index is -0.377. The summed E-state index contributed by atoms with van der Waals surface area (Å²) in [6.07, 6.45) is 1.92. The lowest BCUT2D eigenvalue weighted by molar-refractivity contribution is 0.0601. The van der Waals surface area contributed by atoms with E-state index in [2.05, 4.69) is 15.5 Å². The van der Waals surface area contributed by atoms with Gasteiger partial charge in [-0.2, -0.15) is 4.98 Å². The molecule has 0 radical (unpaired) electrons. The summed E-state index contributed by atoms with van der Waals surface area (Å²) < 4.78 is 10.0. The van der Waals surface area contributed by atoms with Gasteiger partial charge in [-0.1, -0.05) is 17.3 Å². The van der Waals surface area contributed by atoms with Gasteiger partial charge in [0.1, 0.15) is 0 Å². The van der Waals surface area contributed by atoms with Crippen LogP contribution in [0, 0.1) is 5.92 Å². The number of halogens is 1. The second-order valence-electron chi connectivity index (χ2n) is 5.15. The molecule has 1 aromatic heterocycles. The lowest BCUT2D eigenvalue weighted by Gasteiger charge is -2.02. The number of rotatable bonds is 4. The zero-order valence-electron chi connectivity index (χ0n) is 12.2. The fourth-order valence-electron chi connectivity index (χ4n) is 2.49. The number of carbonyl (C=O) groups is 1. The Hall–Kier alpha value is -1.92. The highest BCUT2D eigenvalue weighted by molar-refractivity contribution is 5.90. The summed E-state index contributed by atoms with van der Waals surface area (Å²) >= 11 is 0. The molecule has 1 fully saturated rings. The maximum atomic E-state index is 11.5. The molecule has 0 aliphatic carbocycles. The van der Waals surface area contributed by atoms with Gasteiger partial charge in [-0.3, -0.25) is 0 Å². The Bertz CT molecular complexity index is 638. The summed E-state index contributed by atoms with van der Waals surface area (Å²) in [5, 5.41) is 7.31. The van der Waals surface area contributed by atoms with Crippen molar-refractivity contribution < 1.29 is 14.1 Å². The Morgan fingerprint density at radius 3 is 3.09 bits per heavy atom. The number of ether oxygens (including phenoxy) is 1. The summed E-state index contributed by atoms with van der Waals surface area (Å²) in [6.45, 7) is 2.04. The standard InChI is InChI=1S/C15H17N3O3.ClH/c1-20-15(19)12-4-2-3-11(8-12)14-17-13(21-18-14)7-10-5-6-16-9-10;/h2-4,8,10,16H,5-7,9H2,1H3;1H. The minimum absolute atomic E-state index is 0. The number of esters is 1. The molecule has 7 heteroatoms. The predicted octanol–water partition coefficient (Wildman–Crippen LogP) is 2.10. The first-order valence-electron chi connectivity index (χ1n) is 6.98. The Balaban J connectivity index is 0.00000176. The van der Waals surface area contributed by atoms with E-state index >= 15 is 0 Å². The van der Waals surface area contributed by atoms with Gasteiger partial charge < -0.3 is 14.6 Å². The van der Waals surface area contributed by atoms with E-state index in [4.69, 9.17) is 9.26 Å². The molecule has 2 heterocycles. The second kappa shape index (κ2) is 7.38. The molecule has 3 rings (SSSR count). The normalized spacial score (nSPS) is 17.0. The van der Waals surface area contributed by atoms with Crippen molar-refractivity contribution in [1.82, 2.24) is 15.5 Å². The van der Waals surface area contributed by atoms with Crippen LogP contribution in [0.25, 0.3) is 11.4 Å². The molecule has 1 N–H and O–H groups in total. The highest BCUT2D eigenvalue weighted by Gasteiger charge is 2.19. The van der Waals surface area contributed by atoms with Crippen LogP contribution in [0.4, 0.5) is 0 Å². The van der Waals surface area contributed by atoms with Gasteiger partial charge in [0.25, 0.3) is 0 Å². The number of nitrogens with one attached hydrogen (secondary N) is 1. The van der Waals surface area contributed by atoms with Crippen LogP contribution in [0.1, 0.15) is 22.7 Å². The number of hydrogen-bond donors (Lipinski definition) is 1. The van der Waals surface area contributed by atoms with Crippen LogP contribution in [-0.4, -0.2) is 36.3 Å². The Morgan fingerprint density at radius 2 is 2.36 bits per heavy atom. The third-order valence-electron chi connectivity index (χ3n) is 3.64. The molecule has 1 aliphatic rings. The zero-order valence-corrected chi connectivity index (χ0v) is 13.1. The highest BCUT2D eigenvalue weighted by Crippen LogP contribution is 2.20. The molecule has 1 atom stereocenters. The Kier molecular flexibility index (Phi) is 5.51. The van der Waals surface area contributed by atoms with E-state index in [1.165, 1.54) is 7.11 Å². The van der Waals surface area contributed by atoms with Gasteiger partial charge in [-0.05, 0) is 37.6 Å². The zero-order chi connectivity index (χ0) is 14.7. The smallest absolute Gasteiger partial charge is 0.337 e. The summed E-state index contributed by atoms with van der Waals surface area (Å²) in [6, 6.07) is 7.02. The van der Waals surface area contributed by atoms with Gasteiger partial charge in [0, 0.05) is 12.0 Å². The molecule has 1 aliphatic heterocycles. The van der Waals surface area contributed by atoms with Gasteiger partial charge in [0.05, 0.1) is 12.7 Å². The van der Waals surface area contributed by atoms with Gasteiger partial charge >= 0.3 is 5.97 Å². The Morgan fingerprint density at radius 1 is 1.50 bits per heavy atom. The number of benzene rings is 1. The first kappa shape index (κ1) is 16.5. The van der Waals surface area contributed by atoms with Crippen LogP contribution >= 0.6 is 12.4 Å². The molecule has 1 unspecified atom stereocenters. The average molecular weight is 324 g/mol. The van der Waals surface area contributed by atoms with E-state index < -0.39 is 0 Å². The van der Waals surface area contributed by atoms with Crippen molar-refractivity contribution in [2.75, 3.05) is 20.2 Å². The molecule has 0 saturated carbocycles. The van der Waals surface area contributed by atoms with Gasteiger partial charge in [0.15, 0.2) is 0 Å². The van der Waals surface area contributed by atoms with Gasteiger partial charge in [-0.15, -0.1) is 12.4 Å². The van der Waals surface area contributed by atoms with Gasteiger partial charge in [0.2, 0.25) is 11.7 Å². The molecular formula is C15H18ClN3O3. The van der Waals surface area contributed by atoms with E-state index in [0.717, 1.165) is 31.5 Å². The third kappa shape index (κ3) is 3.64. The molecule has 1 aromatic carbocycles.